The van der Waals surface area contributed by atoms with E-state index >= 15 is 0 Å². The molecule has 0 bridgehead atoms. The van der Waals surface area contributed by atoms with E-state index in [2.05, 4.69) is 5.32 Å². The Kier molecular flexibility index (Phi) is 6.81. The highest BCUT2D eigenvalue weighted by Gasteiger charge is 2.49. The predicted molar refractivity (Wildman–Crippen MR) is 112 cm³/mol. The highest BCUT2D eigenvalue weighted by molar-refractivity contribution is 7.98. The molecule has 0 aliphatic carbocycles. The number of nitrogens with one attached hydrogen (secondary N) is 1. The van der Waals surface area contributed by atoms with Gasteiger partial charge in [0.1, 0.15) is 0 Å². The Hall–Kier alpha value is -2.00. The number of likely N-dealkylation sites (tertiary alicyclic amines) is 1. The summed E-state index contributed by atoms with van der Waals surface area (Å²) in [6.07, 6.45) is 2.32. The van der Waals surface area contributed by atoms with Crippen LogP contribution >= 0.6 is 11.8 Å². The maximum Gasteiger partial charge on any atom is 0.416 e. The fraction of sp³-hybridized carbons (Fsp3) is 0.524. The maximum atomic E-state index is 12.8. The SMILES string of the molecule is CSCCC1NC2(CCN(C(=O)C=Cc3cccc(C(F)(F)F)c3)CC2)N(C)C1=O. The van der Waals surface area contributed by atoms with Gasteiger partial charge in [0.25, 0.3) is 0 Å². The van der Waals surface area contributed by atoms with Gasteiger partial charge in [-0.3, -0.25) is 14.9 Å². The van der Waals surface area contributed by atoms with Crippen LogP contribution in [0.2, 0.25) is 0 Å². The summed E-state index contributed by atoms with van der Waals surface area (Å²) in [5, 5.41) is 3.48. The van der Waals surface area contributed by atoms with Crippen LogP contribution < -0.4 is 5.32 Å². The van der Waals surface area contributed by atoms with Crippen LogP contribution in [0.3, 0.4) is 0 Å². The van der Waals surface area contributed by atoms with Crippen molar-refractivity contribution in [1.29, 1.82) is 0 Å². The van der Waals surface area contributed by atoms with Gasteiger partial charge in [0.15, 0.2) is 0 Å². The zero-order chi connectivity index (χ0) is 21.9. The zero-order valence-corrected chi connectivity index (χ0v) is 17.9. The van der Waals surface area contributed by atoms with E-state index in [1.165, 1.54) is 24.3 Å². The molecule has 1 atom stereocenters. The van der Waals surface area contributed by atoms with Gasteiger partial charge < -0.3 is 9.80 Å². The van der Waals surface area contributed by atoms with E-state index in [0.717, 1.165) is 24.3 Å². The van der Waals surface area contributed by atoms with Crippen molar-refractivity contribution in [2.45, 2.75) is 37.1 Å². The number of alkyl halides is 3. The topological polar surface area (TPSA) is 52.7 Å². The Morgan fingerprint density at radius 1 is 1.33 bits per heavy atom. The molecule has 9 heteroatoms. The molecule has 164 valence electrons. The fourth-order valence-electron chi connectivity index (χ4n) is 4.03. The van der Waals surface area contributed by atoms with Gasteiger partial charge in [-0.15, -0.1) is 0 Å². The molecule has 0 aromatic heterocycles. The van der Waals surface area contributed by atoms with Crippen LogP contribution in [0, 0.1) is 0 Å². The molecule has 2 heterocycles. The highest BCUT2D eigenvalue weighted by Crippen LogP contribution is 2.32. The van der Waals surface area contributed by atoms with Crippen molar-refractivity contribution in [3.63, 3.8) is 0 Å². The van der Waals surface area contributed by atoms with E-state index in [4.69, 9.17) is 0 Å². The van der Waals surface area contributed by atoms with Gasteiger partial charge in [0.05, 0.1) is 17.3 Å². The van der Waals surface area contributed by atoms with Crippen LogP contribution in [0.4, 0.5) is 13.2 Å². The molecule has 2 aliphatic heterocycles. The number of carbonyl (C=O) groups excluding carboxylic acids is 2. The number of benzene rings is 1. The third-order valence-electron chi connectivity index (χ3n) is 5.86. The first-order valence-electron chi connectivity index (χ1n) is 9.85. The monoisotopic (exact) mass is 441 g/mol. The molecule has 1 unspecified atom stereocenters. The normalized spacial score (nSPS) is 21.8. The van der Waals surface area contributed by atoms with Gasteiger partial charge in [-0.1, -0.05) is 12.1 Å². The molecule has 0 saturated carbocycles. The number of piperidine rings is 1. The van der Waals surface area contributed by atoms with E-state index < -0.39 is 17.4 Å². The number of hydrogen-bond acceptors (Lipinski definition) is 4. The zero-order valence-electron chi connectivity index (χ0n) is 17.0. The molecular formula is C21H26F3N3O2S. The van der Waals surface area contributed by atoms with Crippen LogP contribution in [-0.4, -0.2) is 65.5 Å². The van der Waals surface area contributed by atoms with Crippen molar-refractivity contribution in [1.82, 2.24) is 15.1 Å². The van der Waals surface area contributed by atoms with E-state index in [1.54, 1.807) is 28.6 Å². The van der Waals surface area contributed by atoms with E-state index in [9.17, 15) is 22.8 Å². The second-order valence-electron chi connectivity index (χ2n) is 7.69. The molecular weight excluding hydrogens is 415 g/mol. The molecule has 2 aliphatic rings. The number of amides is 2. The number of hydrogen-bond donors (Lipinski definition) is 1. The Morgan fingerprint density at radius 2 is 2.03 bits per heavy atom. The second-order valence-corrected chi connectivity index (χ2v) is 8.67. The highest BCUT2D eigenvalue weighted by atomic mass is 32.2. The van der Waals surface area contributed by atoms with Gasteiger partial charge in [0, 0.05) is 39.1 Å². The lowest BCUT2D eigenvalue weighted by atomic mass is 9.96. The molecule has 1 N–H and O–H groups in total. The molecule has 2 saturated heterocycles. The van der Waals surface area contributed by atoms with Gasteiger partial charge in [-0.25, -0.2) is 0 Å². The van der Waals surface area contributed by atoms with Crippen LogP contribution in [0.25, 0.3) is 6.08 Å². The molecule has 2 amide bonds. The van der Waals surface area contributed by atoms with Gasteiger partial charge in [0.2, 0.25) is 11.8 Å². The van der Waals surface area contributed by atoms with Gasteiger partial charge in [-0.2, -0.15) is 24.9 Å². The lowest BCUT2D eigenvalue weighted by Gasteiger charge is -2.43. The molecule has 1 spiro atoms. The minimum absolute atomic E-state index is 0.0910. The van der Waals surface area contributed by atoms with Crippen LogP contribution in [-0.2, 0) is 15.8 Å². The van der Waals surface area contributed by atoms with Gasteiger partial charge >= 0.3 is 6.18 Å². The maximum absolute atomic E-state index is 12.8. The van der Waals surface area contributed by atoms with Crippen molar-refractivity contribution < 1.29 is 22.8 Å². The summed E-state index contributed by atoms with van der Waals surface area (Å²) in [4.78, 5) is 28.5. The first kappa shape index (κ1) is 22.7. The largest absolute Gasteiger partial charge is 0.416 e. The number of carbonyl (C=O) groups is 2. The first-order chi connectivity index (χ1) is 14.2. The van der Waals surface area contributed by atoms with Crippen LogP contribution in [0.15, 0.2) is 30.3 Å². The van der Waals surface area contributed by atoms with Crippen molar-refractivity contribution in [3.8, 4) is 0 Å². The third-order valence-corrected chi connectivity index (χ3v) is 6.50. The van der Waals surface area contributed by atoms with Crippen molar-refractivity contribution >= 4 is 29.7 Å². The minimum atomic E-state index is -4.42. The molecule has 0 radical (unpaired) electrons. The summed E-state index contributed by atoms with van der Waals surface area (Å²) in [6, 6.07) is 4.69. The van der Waals surface area contributed by atoms with Crippen molar-refractivity contribution in [2.75, 3.05) is 32.1 Å². The molecule has 3 rings (SSSR count). The Labute approximate surface area is 178 Å². The molecule has 30 heavy (non-hydrogen) atoms. The van der Waals surface area contributed by atoms with E-state index in [0.29, 0.717) is 31.5 Å². The average molecular weight is 442 g/mol. The minimum Gasteiger partial charge on any atom is -0.339 e. The summed E-state index contributed by atoms with van der Waals surface area (Å²) in [7, 11) is 1.81. The van der Waals surface area contributed by atoms with Gasteiger partial charge in [-0.05, 0) is 42.2 Å². The fourth-order valence-corrected chi connectivity index (χ4v) is 4.50. The van der Waals surface area contributed by atoms with Crippen molar-refractivity contribution in [3.05, 3.63) is 41.5 Å². The summed E-state index contributed by atoms with van der Waals surface area (Å²) >= 11 is 1.70. The number of thioether (sulfide) groups is 1. The van der Waals surface area contributed by atoms with Crippen LogP contribution in [0.1, 0.15) is 30.4 Å². The predicted octanol–water partition coefficient (Wildman–Crippen LogP) is 3.22. The molecule has 1 aromatic rings. The van der Waals surface area contributed by atoms with Crippen LogP contribution in [0.5, 0.6) is 0 Å². The summed E-state index contributed by atoms with van der Waals surface area (Å²) < 4.78 is 38.5. The molecule has 1 aromatic carbocycles. The molecule has 5 nitrogen and oxygen atoms in total. The first-order valence-corrected chi connectivity index (χ1v) is 11.2. The average Bonchev–Trinajstić information content (AvgIpc) is 2.95. The summed E-state index contributed by atoms with van der Waals surface area (Å²) in [5.41, 5.74) is -0.846. The lowest BCUT2D eigenvalue weighted by Crippen LogP contribution is -2.58. The summed E-state index contributed by atoms with van der Waals surface area (Å²) in [6.45, 7) is 0.956. The Morgan fingerprint density at radius 3 is 2.67 bits per heavy atom. The quantitative estimate of drug-likeness (QED) is 0.713. The number of rotatable bonds is 5. The number of nitrogens with zero attached hydrogens (tertiary/aromatic N) is 2. The smallest absolute Gasteiger partial charge is 0.339 e. The molecule has 2 fully saturated rings. The van der Waals surface area contributed by atoms with Crippen molar-refractivity contribution in [2.24, 2.45) is 0 Å². The van der Waals surface area contributed by atoms with E-state index in [-0.39, 0.29) is 17.9 Å². The lowest BCUT2D eigenvalue weighted by molar-refractivity contribution is -0.137. The third kappa shape index (κ3) is 4.83. The standard InChI is InChI=1S/C21H26F3N3O2S/c1-26-19(29)17(8-13-30-2)25-20(26)9-11-27(12-10-20)18(28)7-6-15-4-3-5-16(14-15)21(22,23)24/h3-7,14,17,25H,8-13H2,1-2H3. The second kappa shape index (κ2) is 9.01. The number of likely N-dealkylation sites (N-methyl/N-ethyl adjacent to an activating group) is 1. The Bertz CT molecular complexity index is 820. The summed E-state index contributed by atoms with van der Waals surface area (Å²) in [5.74, 6) is 0.750. The number of halogens is 3. The van der Waals surface area contributed by atoms with E-state index in [1.807, 2.05) is 6.26 Å². The Balaban J connectivity index is 1.59.